The molecule has 0 fully saturated rings. The first kappa shape index (κ1) is 34.5. The van der Waals surface area contributed by atoms with E-state index in [9.17, 15) is 19.5 Å². The van der Waals surface area contributed by atoms with Crippen molar-refractivity contribution in [2.75, 3.05) is 13.2 Å². The first-order valence-corrected chi connectivity index (χ1v) is 14.9. The predicted molar refractivity (Wildman–Crippen MR) is 167 cm³/mol. The maximum atomic E-state index is 13.3. The van der Waals surface area contributed by atoms with Crippen molar-refractivity contribution in [3.63, 3.8) is 0 Å². The highest BCUT2D eigenvalue weighted by Gasteiger charge is 2.27. The number of hydrogen-bond acceptors (Lipinski definition) is 5. The van der Waals surface area contributed by atoms with Gasteiger partial charge >= 0.3 is 5.97 Å². The van der Waals surface area contributed by atoms with E-state index < -0.39 is 18.0 Å². The van der Waals surface area contributed by atoms with Crippen molar-refractivity contribution in [2.24, 2.45) is 17.8 Å². The number of carbonyl (C=O) groups excluding carboxylic acids is 3. The smallest absolute Gasteiger partial charge is 0.309 e. The van der Waals surface area contributed by atoms with Crippen LogP contribution in [0.15, 0.2) is 86.0 Å². The highest BCUT2D eigenvalue weighted by atomic mass is 16.5. The molecular weight excluding hydrogens is 528 g/mol. The van der Waals surface area contributed by atoms with Crippen molar-refractivity contribution >= 4 is 17.8 Å². The van der Waals surface area contributed by atoms with Crippen LogP contribution < -0.4 is 10.6 Å². The molecule has 2 rings (SSSR count). The maximum absolute atomic E-state index is 13.3. The van der Waals surface area contributed by atoms with E-state index in [1.807, 2.05) is 80.6 Å². The van der Waals surface area contributed by atoms with Gasteiger partial charge in [0, 0.05) is 6.42 Å². The molecule has 42 heavy (non-hydrogen) atoms. The highest BCUT2D eigenvalue weighted by Crippen LogP contribution is 2.19. The third-order valence-corrected chi connectivity index (χ3v) is 7.32. The molecule has 0 unspecified atom stereocenters. The lowest BCUT2D eigenvalue weighted by Gasteiger charge is -2.26. The van der Waals surface area contributed by atoms with Crippen LogP contribution in [0, 0.1) is 17.8 Å². The minimum atomic E-state index is -0.639. The van der Waals surface area contributed by atoms with E-state index >= 15 is 0 Å². The van der Waals surface area contributed by atoms with Gasteiger partial charge in [-0.2, -0.15) is 0 Å². The second kappa shape index (κ2) is 19.4. The zero-order valence-corrected chi connectivity index (χ0v) is 25.2. The largest absolute Gasteiger partial charge is 0.463 e. The fraction of sp³-hybridized carbons (Fsp3) is 0.457. The van der Waals surface area contributed by atoms with Crippen LogP contribution in [-0.2, 0) is 32.0 Å². The predicted octanol–water partition coefficient (Wildman–Crippen LogP) is 5.19. The van der Waals surface area contributed by atoms with Crippen LogP contribution in [-0.4, -0.2) is 48.2 Å². The summed E-state index contributed by atoms with van der Waals surface area (Å²) in [5, 5.41) is 15.6. The fourth-order valence-electron chi connectivity index (χ4n) is 4.76. The Morgan fingerprint density at radius 3 is 2.05 bits per heavy atom. The van der Waals surface area contributed by atoms with Crippen LogP contribution in [0.5, 0.6) is 0 Å². The van der Waals surface area contributed by atoms with Gasteiger partial charge in [-0.1, -0.05) is 86.7 Å². The molecule has 228 valence electrons. The van der Waals surface area contributed by atoms with E-state index in [1.54, 1.807) is 6.08 Å². The topological polar surface area (TPSA) is 105 Å². The Morgan fingerprint density at radius 1 is 0.881 bits per heavy atom. The third kappa shape index (κ3) is 12.9. The van der Waals surface area contributed by atoms with Gasteiger partial charge in [0.05, 0.1) is 30.5 Å². The standard InChI is InChI=1S/C35H48N2O5/c1-5-7-10-20-30(21-27-16-11-8-12-17-27)35(41)42-25-32(26(3)4)37-34(40)29(15-6-2)23-33(39)36-31(24-38)22-28-18-13-9-14-19-28/h5-6,8-9,11-14,16-19,26,29-32,38H,1-2,7,10,15,20-25H2,3-4H3,(H,36,39)(H,37,40)/t29-,30-,31+,32-/m1/s1. The van der Waals surface area contributed by atoms with E-state index in [4.69, 9.17) is 4.74 Å². The van der Waals surface area contributed by atoms with Gasteiger partial charge in [-0.3, -0.25) is 14.4 Å². The Morgan fingerprint density at radius 2 is 1.50 bits per heavy atom. The minimum absolute atomic E-state index is 0.00191. The molecule has 2 aromatic rings. The van der Waals surface area contributed by atoms with E-state index in [1.165, 1.54) is 0 Å². The Hall–Kier alpha value is -3.71. The van der Waals surface area contributed by atoms with E-state index in [2.05, 4.69) is 23.8 Å². The van der Waals surface area contributed by atoms with Crippen molar-refractivity contribution in [2.45, 2.75) is 70.9 Å². The number of benzene rings is 2. The number of aliphatic hydroxyl groups is 1. The number of allylic oxidation sites excluding steroid dienone is 2. The van der Waals surface area contributed by atoms with Crippen LogP contribution in [0.4, 0.5) is 0 Å². The maximum Gasteiger partial charge on any atom is 0.309 e. The lowest BCUT2D eigenvalue weighted by Crippen LogP contribution is -2.47. The van der Waals surface area contributed by atoms with Crippen molar-refractivity contribution in [1.29, 1.82) is 0 Å². The van der Waals surface area contributed by atoms with Crippen molar-refractivity contribution in [3.05, 3.63) is 97.1 Å². The molecule has 0 saturated heterocycles. The number of esters is 1. The molecule has 0 aliphatic rings. The van der Waals surface area contributed by atoms with Crippen molar-refractivity contribution in [1.82, 2.24) is 10.6 Å². The molecule has 0 radical (unpaired) electrons. The second-order valence-corrected chi connectivity index (χ2v) is 11.2. The molecule has 4 atom stereocenters. The average Bonchev–Trinajstić information content (AvgIpc) is 2.98. The zero-order chi connectivity index (χ0) is 30.7. The molecule has 0 heterocycles. The van der Waals surface area contributed by atoms with Crippen molar-refractivity contribution < 1.29 is 24.2 Å². The molecule has 0 aromatic heterocycles. The zero-order valence-electron chi connectivity index (χ0n) is 25.2. The lowest BCUT2D eigenvalue weighted by molar-refractivity contribution is -0.150. The molecule has 0 aliphatic carbocycles. The van der Waals surface area contributed by atoms with Crippen LogP contribution in [0.25, 0.3) is 0 Å². The van der Waals surface area contributed by atoms with E-state index in [0.717, 1.165) is 24.0 Å². The summed E-state index contributed by atoms with van der Waals surface area (Å²) in [5.41, 5.74) is 2.07. The third-order valence-electron chi connectivity index (χ3n) is 7.32. The monoisotopic (exact) mass is 576 g/mol. The van der Waals surface area contributed by atoms with Gasteiger partial charge in [-0.25, -0.2) is 0 Å². The van der Waals surface area contributed by atoms with Gasteiger partial charge in [-0.15, -0.1) is 13.2 Å². The second-order valence-electron chi connectivity index (χ2n) is 11.2. The molecule has 3 N–H and O–H groups in total. The molecule has 2 amide bonds. The first-order chi connectivity index (χ1) is 20.3. The van der Waals surface area contributed by atoms with Crippen LogP contribution in [0.3, 0.4) is 0 Å². The summed E-state index contributed by atoms with van der Waals surface area (Å²) in [6.45, 7) is 11.3. The van der Waals surface area contributed by atoms with Crippen LogP contribution in [0.2, 0.25) is 0 Å². The number of amides is 2. The summed E-state index contributed by atoms with van der Waals surface area (Å²) in [6.07, 6.45) is 7.17. The summed E-state index contributed by atoms with van der Waals surface area (Å²) in [6, 6.07) is 18.6. The number of ether oxygens (including phenoxy) is 1. The molecule has 0 aliphatic heterocycles. The average molecular weight is 577 g/mol. The molecule has 0 saturated carbocycles. The number of aliphatic hydroxyl groups excluding tert-OH is 1. The molecule has 0 spiro atoms. The molecule has 7 heteroatoms. The van der Waals surface area contributed by atoms with Gasteiger partial charge in [0.25, 0.3) is 0 Å². The number of unbranched alkanes of at least 4 members (excludes halogenated alkanes) is 1. The Balaban J connectivity index is 1.98. The molecular formula is C35H48N2O5. The van der Waals surface area contributed by atoms with Crippen molar-refractivity contribution in [3.8, 4) is 0 Å². The van der Waals surface area contributed by atoms with Crippen LogP contribution in [0.1, 0.15) is 57.1 Å². The van der Waals surface area contributed by atoms with Gasteiger partial charge in [-0.05, 0) is 55.6 Å². The Labute approximate surface area is 251 Å². The molecule has 7 nitrogen and oxygen atoms in total. The normalized spacial score (nSPS) is 13.8. The van der Waals surface area contributed by atoms with Gasteiger partial charge in [0.2, 0.25) is 11.8 Å². The summed E-state index contributed by atoms with van der Waals surface area (Å²) in [7, 11) is 0. The first-order valence-electron chi connectivity index (χ1n) is 14.9. The van der Waals surface area contributed by atoms with Gasteiger partial charge < -0.3 is 20.5 Å². The summed E-state index contributed by atoms with van der Waals surface area (Å²) in [4.78, 5) is 39.3. The summed E-state index contributed by atoms with van der Waals surface area (Å²) >= 11 is 0. The Bertz CT molecular complexity index is 1100. The quantitative estimate of drug-likeness (QED) is 0.114. The fourth-order valence-corrected chi connectivity index (χ4v) is 4.76. The summed E-state index contributed by atoms with van der Waals surface area (Å²) in [5.74, 6) is -1.82. The number of nitrogens with one attached hydrogen (secondary N) is 2. The number of carbonyl (C=O) groups is 3. The Kier molecular flexibility index (Phi) is 15.9. The van der Waals surface area contributed by atoms with Crippen LogP contribution >= 0.6 is 0 Å². The lowest BCUT2D eigenvalue weighted by atomic mass is 9.94. The van der Waals surface area contributed by atoms with E-state index in [-0.39, 0.29) is 49.3 Å². The number of rotatable bonds is 20. The molecule has 0 bridgehead atoms. The minimum Gasteiger partial charge on any atom is -0.463 e. The highest BCUT2D eigenvalue weighted by molar-refractivity contribution is 5.86. The van der Waals surface area contributed by atoms with Gasteiger partial charge in [0.1, 0.15) is 6.61 Å². The molecule has 2 aromatic carbocycles. The summed E-state index contributed by atoms with van der Waals surface area (Å²) < 4.78 is 5.77. The van der Waals surface area contributed by atoms with Gasteiger partial charge in [0.15, 0.2) is 0 Å². The number of hydrogen-bond donors (Lipinski definition) is 3. The van der Waals surface area contributed by atoms with E-state index in [0.29, 0.717) is 25.7 Å². The SMILES string of the molecule is C=CCCC[C@H](Cc1ccccc1)C(=O)OC[C@@H](NC(=O)[C@H](CC=C)CC(=O)N[C@H](CO)Cc1ccccc1)C(C)C.